The molecule has 0 saturated carbocycles. The third kappa shape index (κ3) is 3.90. The summed E-state index contributed by atoms with van der Waals surface area (Å²) < 4.78 is 3.11. The Morgan fingerprint density at radius 3 is 2.65 bits per heavy atom. The molecule has 1 N–H and O–H groups in total. The first kappa shape index (κ1) is 15.2. The van der Waals surface area contributed by atoms with Crippen molar-refractivity contribution in [2.45, 2.75) is 39.3 Å². The third-order valence-electron chi connectivity index (χ3n) is 3.24. The van der Waals surface area contributed by atoms with E-state index < -0.39 is 0 Å². The smallest absolute Gasteiger partial charge is 0.138 e. The van der Waals surface area contributed by atoms with Crippen LogP contribution in [0.5, 0.6) is 0 Å². The van der Waals surface area contributed by atoms with Crippen LogP contribution in [0, 0.1) is 0 Å². The number of hydrogen-bond donors (Lipinski definition) is 1. The molecule has 0 saturated heterocycles. The first-order chi connectivity index (χ1) is 9.74. The first-order valence-electron chi connectivity index (χ1n) is 7.10. The quantitative estimate of drug-likeness (QED) is 0.843. The van der Waals surface area contributed by atoms with Crippen molar-refractivity contribution in [2.75, 3.05) is 6.54 Å². The fraction of sp³-hybridized carbons (Fsp3) is 0.467. The summed E-state index contributed by atoms with van der Waals surface area (Å²) in [5.41, 5.74) is 1.28. The number of likely N-dealkylation sites (N-methyl/N-ethyl adjacent to an activating group) is 1. The van der Waals surface area contributed by atoms with Crippen LogP contribution in [0.3, 0.4) is 0 Å². The van der Waals surface area contributed by atoms with Crippen LogP contribution in [0.2, 0.25) is 0 Å². The molecule has 0 amide bonds. The molecule has 1 aromatic heterocycles. The normalized spacial score (nSPS) is 12.6. The number of halogens is 1. The molecule has 1 unspecified atom stereocenters. The summed E-state index contributed by atoms with van der Waals surface area (Å²) in [6.07, 6.45) is 3.57. The third-order valence-corrected chi connectivity index (χ3v) is 3.77. The zero-order valence-corrected chi connectivity index (χ0v) is 13.6. The van der Waals surface area contributed by atoms with Crippen LogP contribution in [-0.2, 0) is 13.0 Å². The van der Waals surface area contributed by atoms with Crippen LogP contribution in [0.1, 0.15) is 37.7 Å². The van der Waals surface area contributed by atoms with Gasteiger partial charge in [0.05, 0.1) is 0 Å². The predicted molar refractivity (Wildman–Crippen MR) is 84.6 cm³/mol. The van der Waals surface area contributed by atoms with Gasteiger partial charge >= 0.3 is 0 Å². The standard InChI is InChI=1S/C15H21BrN4/c1-3-9-20-15(18-11-19-20)10-14(17-4-2)12-5-7-13(16)8-6-12/h5-8,11,14,17H,3-4,9-10H2,1-2H3. The molecule has 2 aromatic rings. The summed E-state index contributed by atoms with van der Waals surface area (Å²) in [5, 5.41) is 7.83. The molecule has 2 rings (SSSR count). The van der Waals surface area contributed by atoms with Crippen molar-refractivity contribution in [1.29, 1.82) is 0 Å². The fourth-order valence-corrected chi connectivity index (χ4v) is 2.54. The number of nitrogens with zero attached hydrogens (tertiary/aromatic N) is 3. The Kier molecular flexibility index (Phi) is 5.73. The minimum atomic E-state index is 0.271. The van der Waals surface area contributed by atoms with E-state index >= 15 is 0 Å². The zero-order valence-electron chi connectivity index (χ0n) is 12.0. The highest BCUT2D eigenvalue weighted by Crippen LogP contribution is 2.20. The van der Waals surface area contributed by atoms with E-state index in [2.05, 4.69) is 69.4 Å². The Morgan fingerprint density at radius 2 is 2.00 bits per heavy atom. The number of hydrogen-bond acceptors (Lipinski definition) is 3. The lowest BCUT2D eigenvalue weighted by Gasteiger charge is -2.18. The van der Waals surface area contributed by atoms with Crippen molar-refractivity contribution in [3.05, 3.63) is 46.5 Å². The molecule has 108 valence electrons. The van der Waals surface area contributed by atoms with Gasteiger partial charge in [0, 0.05) is 23.5 Å². The maximum absolute atomic E-state index is 4.40. The molecular formula is C15H21BrN4. The van der Waals surface area contributed by atoms with Crippen LogP contribution in [-0.4, -0.2) is 21.3 Å². The molecule has 0 aliphatic rings. The minimum absolute atomic E-state index is 0.271. The molecule has 1 heterocycles. The highest BCUT2D eigenvalue weighted by Gasteiger charge is 2.14. The molecule has 0 aliphatic carbocycles. The number of rotatable bonds is 7. The lowest BCUT2D eigenvalue weighted by molar-refractivity contribution is 0.498. The number of benzene rings is 1. The Labute approximate surface area is 128 Å². The Balaban J connectivity index is 2.16. The van der Waals surface area contributed by atoms with E-state index in [1.165, 1.54) is 5.56 Å². The van der Waals surface area contributed by atoms with E-state index in [4.69, 9.17) is 0 Å². The van der Waals surface area contributed by atoms with Gasteiger partial charge in [-0.05, 0) is 30.7 Å². The second kappa shape index (κ2) is 7.55. The van der Waals surface area contributed by atoms with Crippen molar-refractivity contribution in [3.63, 3.8) is 0 Å². The van der Waals surface area contributed by atoms with Crippen LogP contribution in [0.15, 0.2) is 35.1 Å². The highest BCUT2D eigenvalue weighted by atomic mass is 79.9. The van der Waals surface area contributed by atoms with Gasteiger partial charge in [0.25, 0.3) is 0 Å². The molecule has 0 bridgehead atoms. The van der Waals surface area contributed by atoms with Crippen LogP contribution in [0.4, 0.5) is 0 Å². The number of aromatic nitrogens is 3. The molecule has 5 heteroatoms. The summed E-state index contributed by atoms with van der Waals surface area (Å²) in [7, 11) is 0. The van der Waals surface area contributed by atoms with E-state index in [-0.39, 0.29) is 6.04 Å². The summed E-state index contributed by atoms with van der Waals surface area (Å²) in [5.74, 6) is 1.04. The Morgan fingerprint density at radius 1 is 1.25 bits per heavy atom. The van der Waals surface area contributed by atoms with Crippen LogP contribution >= 0.6 is 15.9 Å². The van der Waals surface area contributed by atoms with E-state index in [1.54, 1.807) is 6.33 Å². The van der Waals surface area contributed by atoms with Crippen molar-refractivity contribution in [1.82, 2.24) is 20.1 Å². The first-order valence-corrected chi connectivity index (χ1v) is 7.89. The molecule has 0 aliphatic heterocycles. The number of aryl methyl sites for hydroxylation is 1. The van der Waals surface area contributed by atoms with Gasteiger partial charge in [-0.1, -0.05) is 41.9 Å². The fourth-order valence-electron chi connectivity index (χ4n) is 2.28. The van der Waals surface area contributed by atoms with E-state index in [0.717, 1.165) is 36.2 Å². The maximum Gasteiger partial charge on any atom is 0.138 e. The van der Waals surface area contributed by atoms with Crippen LogP contribution in [0.25, 0.3) is 0 Å². The molecule has 20 heavy (non-hydrogen) atoms. The molecular weight excluding hydrogens is 316 g/mol. The number of nitrogens with one attached hydrogen (secondary N) is 1. The zero-order chi connectivity index (χ0) is 14.4. The summed E-state index contributed by atoms with van der Waals surface area (Å²) in [6.45, 7) is 6.14. The van der Waals surface area contributed by atoms with Gasteiger partial charge in [-0.15, -0.1) is 0 Å². The van der Waals surface area contributed by atoms with E-state index in [0.29, 0.717) is 0 Å². The van der Waals surface area contributed by atoms with Crippen molar-refractivity contribution in [3.8, 4) is 0 Å². The van der Waals surface area contributed by atoms with E-state index in [1.807, 2.05) is 4.68 Å². The monoisotopic (exact) mass is 336 g/mol. The Hall–Kier alpha value is -1.20. The van der Waals surface area contributed by atoms with Crippen LogP contribution < -0.4 is 5.32 Å². The van der Waals surface area contributed by atoms with Gasteiger partial charge in [-0.3, -0.25) is 4.68 Å². The van der Waals surface area contributed by atoms with Gasteiger partial charge in [-0.25, -0.2) is 4.98 Å². The van der Waals surface area contributed by atoms with Gasteiger partial charge in [0.2, 0.25) is 0 Å². The maximum atomic E-state index is 4.40. The molecule has 0 radical (unpaired) electrons. The predicted octanol–water partition coefficient (Wildman–Crippen LogP) is 3.34. The summed E-state index contributed by atoms with van der Waals surface area (Å²) in [4.78, 5) is 4.40. The lowest BCUT2D eigenvalue weighted by atomic mass is 10.0. The average Bonchev–Trinajstić information content (AvgIpc) is 2.87. The largest absolute Gasteiger partial charge is 0.310 e. The summed E-state index contributed by atoms with van der Waals surface area (Å²) >= 11 is 3.48. The van der Waals surface area contributed by atoms with Gasteiger partial charge < -0.3 is 5.32 Å². The van der Waals surface area contributed by atoms with Crippen molar-refractivity contribution < 1.29 is 0 Å². The summed E-state index contributed by atoms with van der Waals surface area (Å²) in [6, 6.07) is 8.73. The molecule has 1 atom stereocenters. The topological polar surface area (TPSA) is 42.7 Å². The molecule has 0 spiro atoms. The van der Waals surface area contributed by atoms with Gasteiger partial charge in [0.15, 0.2) is 0 Å². The molecule has 0 fully saturated rings. The van der Waals surface area contributed by atoms with E-state index in [9.17, 15) is 0 Å². The average molecular weight is 337 g/mol. The van der Waals surface area contributed by atoms with Crippen molar-refractivity contribution >= 4 is 15.9 Å². The van der Waals surface area contributed by atoms with Gasteiger partial charge in [-0.2, -0.15) is 5.10 Å². The Bertz CT molecular complexity index is 521. The molecule has 1 aromatic carbocycles. The minimum Gasteiger partial charge on any atom is -0.310 e. The molecule has 4 nitrogen and oxygen atoms in total. The van der Waals surface area contributed by atoms with Gasteiger partial charge in [0.1, 0.15) is 12.2 Å². The highest BCUT2D eigenvalue weighted by molar-refractivity contribution is 9.10. The SMILES string of the molecule is CCCn1ncnc1CC(NCC)c1ccc(Br)cc1. The van der Waals surface area contributed by atoms with Crippen molar-refractivity contribution in [2.24, 2.45) is 0 Å². The second-order valence-corrected chi connectivity index (χ2v) is 5.68. The lowest BCUT2D eigenvalue weighted by Crippen LogP contribution is -2.24. The second-order valence-electron chi connectivity index (χ2n) is 4.77.